The molecule has 3 heteroatoms. The standard InChI is InChI=1S/C12H15NO2/c1-3-7-13-12(15)11-6-4-5-10(8-11)9(2)14/h4-6,8,14H,2-3,7H2,1H3,(H,13,15). The van der Waals surface area contributed by atoms with Gasteiger partial charge in [-0.05, 0) is 18.6 Å². The molecule has 3 nitrogen and oxygen atoms in total. The van der Waals surface area contributed by atoms with Crippen LogP contribution in [0.4, 0.5) is 0 Å². The van der Waals surface area contributed by atoms with Gasteiger partial charge < -0.3 is 10.4 Å². The Kier molecular flexibility index (Phi) is 3.92. The third-order valence-corrected chi connectivity index (χ3v) is 1.99. The smallest absolute Gasteiger partial charge is 0.251 e. The largest absolute Gasteiger partial charge is 0.508 e. The highest BCUT2D eigenvalue weighted by Gasteiger charge is 2.05. The third-order valence-electron chi connectivity index (χ3n) is 1.99. The molecule has 2 N–H and O–H groups in total. The molecule has 0 aromatic heterocycles. The monoisotopic (exact) mass is 205 g/mol. The second-order valence-electron chi connectivity index (χ2n) is 3.28. The molecule has 0 aliphatic rings. The minimum absolute atomic E-state index is 0.0276. The van der Waals surface area contributed by atoms with E-state index in [0.29, 0.717) is 17.7 Å². The highest BCUT2D eigenvalue weighted by atomic mass is 16.3. The highest BCUT2D eigenvalue weighted by molar-refractivity contribution is 5.94. The van der Waals surface area contributed by atoms with Gasteiger partial charge in [0.05, 0.1) is 0 Å². The lowest BCUT2D eigenvalue weighted by atomic mass is 10.1. The molecular formula is C12H15NO2. The Bertz CT molecular complexity index is 372. The van der Waals surface area contributed by atoms with E-state index in [4.69, 9.17) is 0 Å². The number of aliphatic hydroxyl groups excluding tert-OH is 1. The maximum atomic E-state index is 11.6. The Morgan fingerprint density at radius 3 is 2.73 bits per heavy atom. The molecule has 15 heavy (non-hydrogen) atoms. The summed E-state index contributed by atoms with van der Waals surface area (Å²) in [5, 5.41) is 11.9. The number of hydrogen-bond donors (Lipinski definition) is 2. The number of carbonyl (C=O) groups excluding carboxylic acids is 1. The number of hydrogen-bond acceptors (Lipinski definition) is 2. The third kappa shape index (κ3) is 3.13. The van der Waals surface area contributed by atoms with Crippen molar-refractivity contribution in [2.24, 2.45) is 0 Å². The van der Waals surface area contributed by atoms with Crippen LogP contribution in [0.2, 0.25) is 0 Å². The Morgan fingerprint density at radius 2 is 2.13 bits per heavy atom. The van der Waals surface area contributed by atoms with Crippen LogP contribution < -0.4 is 5.32 Å². The lowest BCUT2D eigenvalue weighted by Crippen LogP contribution is -2.23. The highest BCUT2D eigenvalue weighted by Crippen LogP contribution is 2.11. The molecule has 0 aliphatic heterocycles. The van der Waals surface area contributed by atoms with Gasteiger partial charge in [-0.2, -0.15) is 0 Å². The quantitative estimate of drug-likeness (QED) is 0.741. The van der Waals surface area contributed by atoms with Gasteiger partial charge in [-0.15, -0.1) is 0 Å². The number of carbonyl (C=O) groups is 1. The summed E-state index contributed by atoms with van der Waals surface area (Å²) in [6, 6.07) is 6.75. The number of aliphatic hydroxyl groups is 1. The van der Waals surface area contributed by atoms with Crippen LogP contribution in [0.1, 0.15) is 29.3 Å². The van der Waals surface area contributed by atoms with E-state index in [1.165, 1.54) is 0 Å². The molecule has 0 bridgehead atoms. The summed E-state index contributed by atoms with van der Waals surface area (Å²) in [6.45, 7) is 6.06. The first-order valence-electron chi connectivity index (χ1n) is 4.91. The fourth-order valence-corrected chi connectivity index (χ4v) is 1.18. The van der Waals surface area contributed by atoms with Gasteiger partial charge in [0.25, 0.3) is 5.91 Å². The summed E-state index contributed by atoms with van der Waals surface area (Å²) in [5.41, 5.74) is 1.11. The fourth-order valence-electron chi connectivity index (χ4n) is 1.18. The summed E-state index contributed by atoms with van der Waals surface area (Å²) < 4.78 is 0. The molecule has 0 atom stereocenters. The number of benzene rings is 1. The van der Waals surface area contributed by atoms with Gasteiger partial charge >= 0.3 is 0 Å². The minimum Gasteiger partial charge on any atom is -0.508 e. The molecule has 0 radical (unpaired) electrons. The van der Waals surface area contributed by atoms with E-state index in [0.717, 1.165) is 6.42 Å². The van der Waals surface area contributed by atoms with E-state index < -0.39 is 0 Å². The number of rotatable bonds is 4. The van der Waals surface area contributed by atoms with Crippen molar-refractivity contribution < 1.29 is 9.90 Å². The van der Waals surface area contributed by atoms with Gasteiger partial charge in [-0.3, -0.25) is 4.79 Å². The molecule has 0 saturated carbocycles. The molecule has 1 rings (SSSR count). The van der Waals surface area contributed by atoms with Crippen LogP contribution in [-0.4, -0.2) is 17.6 Å². The van der Waals surface area contributed by atoms with Crippen molar-refractivity contribution in [2.45, 2.75) is 13.3 Å². The first-order chi connectivity index (χ1) is 7.15. The first-order valence-corrected chi connectivity index (χ1v) is 4.91. The lowest BCUT2D eigenvalue weighted by molar-refractivity contribution is 0.0953. The van der Waals surface area contributed by atoms with E-state index in [-0.39, 0.29) is 11.7 Å². The van der Waals surface area contributed by atoms with Gasteiger partial charge in [0.1, 0.15) is 5.76 Å². The molecule has 0 unspecified atom stereocenters. The molecule has 1 amide bonds. The van der Waals surface area contributed by atoms with Gasteiger partial charge in [-0.1, -0.05) is 25.6 Å². The van der Waals surface area contributed by atoms with Gasteiger partial charge in [0.15, 0.2) is 0 Å². The molecule has 0 heterocycles. The average molecular weight is 205 g/mol. The molecule has 0 fully saturated rings. The van der Waals surface area contributed by atoms with Crippen molar-refractivity contribution in [2.75, 3.05) is 6.54 Å². The molecule has 80 valence electrons. The fraction of sp³-hybridized carbons (Fsp3) is 0.250. The van der Waals surface area contributed by atoms with Gasteiger partial charge in [0.2, 0.25) is 0 Å². The number of nitrogens with one attached hydrogen (secondary N) is 1. The van der Waals surface area contributed by atoms with Crippen molar-refractivity contribution in [1.29, 1.82) is 0 Å². The molecule has 0 aliphatic carbocycles. The van der Waals surface area contributed by atoms with Crippen LogP contribution in [0, 0.1) is 0 Å². The average Bonchev–Trinajstić information content (AvgIpc) is 2.26. The zero-order valence-electron chi connectivity index (χ0n) is 8.79. The van der Waals surface area contributed by atoms with Crippen LogP contribution in [0.3, 0.4) is 0 Å². The van der Waals surface area contributed by atoms with E-state index in [1.807, 2.05) is 6.92 Å². The Balaban J connectivity index is 2.81. The molecule has 0 saturated heterocycles. The van der Waals surface area contributed by atoms with Crippen LogP contribution in [0.15, 0.2) is 30.8 Å². The van der Waals surface area contributed by atoms with Crippen molar-refractivity contribution >= 4 is 11.7 Å². The van der Waals surface area contributed by atoms with E-state index in [1.54, 1.807) is 24.3 Å². The normalized spacial score (nSPS) is 9.67. The summed E-state index contributed by atoms with van der Waals surface area (Å²) in [6.07, 6.45) is 0.901. The second kappa shape index (κ2) is 5.20. The zero-order chi connectivity index (χ0) is 11.3. The summed E-state index contributed by atoms with van der Waals surface area (Å²) in [7, 11) is 0. The Hall–Kier alpha value is -1.77. The van der Waals surface area contributed by atoms with Crippen LogP contribution in [0.5, 0.6) is 0 Å². The second-order valence-corrected chi connectivity index (χ2v) is 3.28. The van der Waals surface area contributed by atoms with Crippen molar-refractivity contribution in [3.05, 3.63) is 42.0 Å². The molecule has 0 spiro atoms. The van der Waals surface area contributed by atoms with Crippen molar-refractivity contribution in [3.8, 4) is 0 Å². The number of amides is 1. The van der Waals surface area contributed by atoms with Gasteiger partial charge in [0, 0.05) is 17.7 Å². The Morgan fingerprint density at radius 1 is 1.47 bits per heavy atom. The maximum Gasteiger partial charge on any atom is 0.251 e. The van der Waals surface area contributed by atoms with Crippen LogP contribution in [-0.2, 0) is 0 Å². The van der Waals surface area contributed by atoms with Crippen molar-refractivity contribution in [1.82, 2.24) is 5.32 Å². The summed E-state index contributed by atoms with van der Waals surface area (Å²) in [4.78, 5) is 11.6. The molecule has 1 aromatic rings. The maximum absolute atomic E-state index is 11.6. The topological polar surface area (TPSA) is 49.3 Å². The van der Waals surface area contributed by atoms with E-state index in [2.05, 4.69) is 11.9 Å². The van der Waals surface area contributed by atoms with Crippen molar-refractivity contribution in [3.63, 3.8) is 0 Å². The molecule has 1 aromatic carbocycles. The van der Waals surface area contributed by atoms with E-state index in [9.17, 15) is 9.90 Å². The Labute approximate surface area is 89.4 Å². The SMILES string of the molecule is C=C(O)c1cccc(C(=O)NCCC)c1. The summed E-state index contributed by atoms with van der Waals surface area (Å²) in [5.74, 6) is -0.153. The lowest BCUT2D eigenvalue weighted by Gasteiger charge is -2.05. The zero-order valence-corrected chi connectivity index (χ0v) is 8.79. The van der Waals surface area contributed by atoms with E-state index >= 15 is 0 Å². The van der Waals surface area contributed by atoms with Crippen LogP contribution in [0.25, 0.3) is 5.76 Å². The first kappa shape index (κ1) is 11.3. The summed E-state index contributed by atoms with van der Waals surface area (Å²) >= 11 is 0. The van der Waals surface area contributed by atoms with Gasteiger partial charge in [-0.25, -0.2) is 0 Å². The predicted molar refractivity (Wildman–Crippen MR) is 60.7 cm³/mol. The van der Waals surface area contributed by atoms with Crippen LogP contribution >= 0.6 is 0 Å². The minimum atomic E-state index is -0.125. The predicted octanol–water partition coefficient (Wildman–Crippen LogP) is 2.36. The molecular weight excluding hydrogens is 190 g/mol.